The molecule has 12 nitrogen and oxygen atoms in total. The lowest BCUT2D eigenvalue weighted by Crippen LogP contribution is -2.55. The molecule has 2 aromatic carbocycles. The van der Waals surface area contributed by atoms with E-state index in [1.165, 1.54) is 6.07 Å². The molecule has 1 aromatic heterocycles. The smallest absolute Gasteiger partial charge is 0.417 e. The number of amides is 3. The van der Waals surface area contributed by atoms with Gasteiger partial charge in [0.2, 0.25) is 17.7 Å². The molecule has 0 aliphatic carbocycles. The number of anilines is 1. The first-order chi connectivity index (χ1) is 21.4. The number of hydrogen-bond donors (Lipinski definition) is 6. The maximum Gasteiger partial charge on any atom is 0.417 e. The lowest BCUT2D eigenvalue weighted by Gasteiger charge is -2.24. The number of fused-ring (bicyclic) bond motifs is 1. The van der Waals surface area contributed by atoms with Crippen molar-refractivity contribution in [1.29, 1.82) is 0 Å². The van der Waals surface area contributed by atoms with Gasteiger partial charge < -0.3 is 37.2 Å². The quantitative estimate of drug-likeness (QED) is 0.0755. The van der Waals surface area contributed by atoms with Gasteiger partial charge in [0.05, 0.1) is 11.6 Å². The molecular formula is C30H34F3N7O5. The topological polar surface area (TPSA) is 194 Å². The molecule has 15 heteroatoms. The van der Waals surface area contributed by atoms with Crippen molar-refractivity contribution in [3.8, 4) is 0 Å². The van der Waals surface area contributed by atoms with Gasteiger partial charge in [-0.1, -0.05) is 30.3 Å². The highest BCUT2D eigenvalue weighted by molar-refractivity contribution is 6.00. The Balaban J connectivity index is 1.56. The molecule has 0 bridgehead atoms. The van der Waals surface area contributed by atoms with Crippen molar-refractivity contribution in [3.63, 3.8) is 0 Å². The highest BCUT2D eigenvalue weighted by Crippen LogP contribution is 2.34. The number of alkyl halides is 3. The molecule has 4 rings (SSSR count). The average molecular weight is 630 g/mol. The van der Waals surface area contributed by atoms with E-state index in [0.29, 0.717) is 19.0 Å². The van der Waals surface area contributed by atoms with Crippen LogP contribution in [0.1, 0.15) is 36.8 Å². The van der Waals surface area contributed by atoms with Gasteiger partial charge in [0.1, 0.15) is 17.7 Å². The van der Waals surface area contributed by atoms with E-state index in [4.69, 9.17) is 15.9 Å². The average Bonchev–Trinajstić information content (AvgIpc) is 3.53. The van der Waals surface area contributed by atoms with Crippen LogP contribution in [0.5, 0.6) is 0 Å². The maximum atomic E-state index is 13.6. The maximum absolute atomic E-state index is 13.6. The van der Waals surface area contributed by atoms with Crippen molar-refractivity contribution in [2.45, 2.75) is 56.4 Å². The Morgan fingerprint density at radius 1 is 1.02 bits per heavy atom. The normalized spacial score (nSPS) is 16.0. The molecule has 240 valence electrons. The van der Waals surface area contributed by atoms with Crippen LogP contribution in [0.25, 0.3) is 11.0 Å². The largest absolute Gasteiger partial charge is 0.423 e. The molecule has 45 heavy (non-hydrogen) atoms. The van der Waals surface area contributed by atoms with Crippen LogP contribution in [0.4, 0.5) is 18.9 Å². The monoisotopic (exact) mass is 629 g/mol. The van der Waals surface area contributed by atoms with Gasteiger partial charge in [0, 0.05) is 36.2 Å². The van der Waals surface area contributed by atoms with Crippen LogP contribution in [0.15, 0.2) is 68.8 Å². The second-order valence-corrected chi connectivity index (χ2v) is 10.6. The number of carbonyl (C=O) groups is 3. The van der Waals surface area contributed by atoms with Crippen molar-refractivity contribution in [1.82, 2.24) is 16.0 Å². The lowest BCUT2D eigenvalue weighted by molar-refractivity contribution is -0.136. The fourth-order valence-corrected chi connectivity index (χ4v) is 4.99. The summed E-state index contributed by atoms with van der Waals surface area (Å²) in [7, 11) is 0. The SMILES string of the molecule is NC(N)=NCCC[C@H](NC(=O)[C@H](Cc1ccccc1)NC(=O)[C@H]1CCCN1)C(=O)Nc1ccc2c(C(F)(F)F)cc(=O)oc2c1. The van der Waals surface area contributed by atoms with Crippen molar-refractivity contribution < 1.29 is 32.0 Å². The summed E-state index contributed by atoms with van der Waals surface area (Å²) in [5.74, 6) is -1.81. The minimum Gasteiger partial charge on any atom is -0.423 e. The van der Waals surface area contributed by atoms with E-state index < -0.39 is 47.3 Å². The van der Waals surface area contributed by atoms with Gasteiger partial charge in [-0.2, -0.15) is 13.2 Å². The van der Waals surface area contributed by atoms with Gasteiger partial charge in [-0.3, -0.25) is 19.4 Å². The molecule has 0 saturated carbocycles. The first-order valence-electron chi connectivity index (χ1n) is 14.3. The molecule has 0 unspecified atom stereocenters. The number of benzene rings is 2. The van der Waals surface area contributed by atoms with E-state index in [2.05, 4.69) is 26.3 Å². The van der Waals surface area contributed by atoms with Crippen LogP contribution in [-0.4, -0.2) is 54.9 Å². The number of aliphatic imine (C=N–C) groups is 1. The van der Waals surface area contributed by atoms with Gasteiger partial charge in [-0.15, -0.1) is 0 Å². The first kappa shape index (κ1) is 33.0. The molecule has 1 saturated heterocycles. The van der Waals surface area contributed by atoms with Gasteiger partial charge in [0.25, 0.3) is 0 Å². The fraction of sp³-hybridized carbons (Fsp3) is 0.367. The zero-order valence-corrected chi connectivity index (χ0v) is 24.2. The summed E-state index contributed by atoms with van der Waals surface area (Å²) in [6.45, 7) is 0.836. The molecule has 1 fully saturated rings. The van der Waals surface area contributed by atoms with E-state index in [-0.39, 0.29) is 54.3 Å². The first-order valence-corrected chi connectivity index (χ1v) is 14.3. The second-order valence-electron chi connectivity index (χ2n) is 10.6. The van der Waals surface area contributed by atoms with Crippen molar-refractivity contribution in [2.24, 2.45) is 16.5 Å². The molecule has 3 atom stereocenters. The zero-order valence-electron chi connectivity index (χ0n) is 24.2. The molecule has 1 aliphatic heterocycles. The van der Waals surface area contributed by atoms with Crippen LogP contribution in [0.2, 0.25) is 0 Å². The summed E-state index contributed by atoms with van der Waals surface area (Å²) < 4.78 is 45.3. The highest BCUT2D eigenvalue weighted by Gasteiger charge is 2.34. The van der Waals surface area contributed by atoms with E-state index in [0.717, 1.165) is 24.1 Å². The third-order valence-corrected chi connectivity index (χ3v) is 7.19. The zero-order chi connectivity index (χ0) is 32.6. The second kappa shape index (κ2) is 14.7. The molecule has 0 spiro atoms. The number of carbonyl (C=O) groups excluding carboxylic acids is 3. The number of hydrogen-bond acceptors (Lipinski definition) is 7. The molecule has 2 heterocycles. The molecule has 3 amide bonds. The third kappa shape index (κ3) is 9.28. The van der Waals surface area contributed by atoms with Crippen LogP contribution in [0, 0.1) is 0 Å². The Morgan fingerprint density at radius 2 is 1.78 bits per heavy atom. The number of guanidine groups is 1. The number of halogens is 3. The highest BCUT2D eigenvalue weighted by atomic mass is 19.4. The Morgan fingerprint density at radius 3 is 2.44 bits per heavy atom. The lowest BCUT2D eigenvalue weighted by atomic mass is 10.0. The number of rotatable bonds is 12. The predicted octanol–water partition coefficient (Wildman–Crippen LogP) is 1.77. The molecule has 1 aliphatic rings. The number of nitrogens with zero attached hydrogens (tertiary/aromatic N) is 1. The Hall–Kier alpha value is -4.92. The summed E-state index contributed by atoms with van der Waals surface area (Å²) in [6.07, 6.45) is -2.86. The molecule has 0 radical (unpaired) electrons. The van der Waals surface area contributed by atoms with Gasteiger partial charge in [-0.05, 0) is 49.9 Å². The standard InChI is InChI=1S/C30H34F3N7O5/c31-30(32,33)20-16-25(41)45-24-15-18(10-11-19(20)24)38-27(43)22(9-5-13-37-29(34)35)39-28(44)23(14-17-6-2-1-3-7-17)40-26(42)21-8-4-12-36-21/h1-3,6-7,10-11,15-16,21-23,36H,4-5,8-9,12-14H2,(H,38,43)(H,39,44)(H,40,42)(H4,34,35,37)/t21-,22+,23+/m1/s1. The van der Waals surface area contributed by atoms with E-state index in [9.17, 15) is 32.3 Å². The number of nitrogens with two attached hydrogens (primary N) is 2. The Bertz CT molecular complexity index is 1600. The minimum atomic E-state index is -4.80. The van der Waals surface area contributed by atoms with Crippen molar-refractivity contribution in [2.75, 3.05) is 18.4 Å². The van der Waals surface area contributed by atoms with Crippen LogP contribution in [-0.2, 0) is 27.0 Å². The van der Waals surface area contributed by atoms with Crippen LogP contribution in [0.3, 0.4) is 0 Å². The van der Waals surface area contributed by atoms with Gasteiger partial charge in [0.15, 0.2) is 5.96 Å². The van der Waals surface area contributed by atoms with Crippen molar-refractivity contribution >= 4 is 40.3 Å². The fourth-order valence-electron chi connectivity index (χ4n) is 4.99. The third-order valence-electron chi connectivity index (χ3n) is 7.19. The van der Waals surface area contributed by atoms with Gasteiger partial charge >= 0.3 is 11.8 Å². The van der Waals surface area contributed by atoms with Crippen LogP contribution < -0.4 is 38.4 Å². The summed E-state index contributed by atoms with van der Waals surface area (Å²) in [5.41, 5.74) is 8.83. The van der Waals surface area contributed by atoms with Gasteiger partial charge in [-0.25, -0.2) is 4.79 Å². The Kier molecular flexibility index (Phi) is 10.8. The van der Waals surface area contributed by atoms with Crippen molar-refractivity contribution in [3.05, 3.63) is 76.1 Å². The molecule has 3 aromatic rings. The number of nitrogens with one attached hydrogen (secondary N) is 4. The summed E-state index contributed by atoms with van der Waals surface area (Å²) in [5, 5.41) is 10.8. The summed E-state index contributed by atoms with van der Waals surface area (Å²) in [6, 6.07) is 10.2. The van der Waals surface area contributed by atoms with Crippen LogP contribution >= 0.6 is 0 Å². The molecular weight excluding hydrogens is 595 g/mol. The summed E-state index contributed by atoms with van der Waals surface area (Å²) >= 11 is 0. The van der Waals surface area contributed by atoms with E-state index in [1.807, 2.05) is 18.2 Å². The minimum absolute atomic E-state index is 0.0277. The molecule has 8 N–H and O–H groups in total. The predicted molar refractivity (Wildman–Crippen MR) is 161 cm³/mol. The summed E-state index contributed by atoms with van der Waals surface area (Å²) in [4.78, 5) is 55.7. The van der Waals surface area contributed by atoms with E-state index >= 15 is 0 Å². The Labute approximate surface area is 255 Å². The van der Waals surface area contributed by atoms with E-state index in [1.54, 1.807) is 12.1 Å².